The molecule has 0 bridgehead atoms. The summed E-state index contributed by atoms with van der Waals surface area (Å²) >= 11 is 0. The molecule has 1 unspecified atom stereocenters. The summed E-state index contributed by atoms with van der Waals surface area (Å²) in [5, 5.41) is 3.33. The lowest BCUT2D eigenvalue weighted by molar-refractivity contribution is 0.327. The third-order valence-corrected chi connectivity index (χ3v) is 2.91. The van der Waals surface area contributed by atoms with Crippen molar-refractivity contribution in [1.82, 2.24) is 14.9 Å². The van der Waals surface area contributed by atoms with Crippen LogP contribution in [0.3, 0.4) is 0 Å². The Morgan fingerprint density at radius 2 is 2.06 bits per heavy atom. The van der Waals surface area contributed by atoms with E-state index in [1.807, 2.05) is 0 Å². The van der Waals surface area contributed by atoms with Gasteiger partial charge in [0.25, 0.3) is 0 Å². The van der Waals surface area contributed by atoms with Gasteiger partial charge in [0.2, 0.25) is 0 Å². The minimum absolute atomic E-state index is 0.357. The lowest BCUT2D eigenvalue weighted by atomic mass is 10.3. The molecule has 0 aliphatic carbocycles. The van der Waals surface area contributed by atoms with Gasteiger partial charge >= 0.3 is 0 Å². The number of nitrogen functional groups attached to an aromatic ring is 1. The molecular formula is C11H20N6. The van der Waals surface area contributed by atoms with Gasteiger partial charge in [-0.05, 0) is 32.9 Å². The molecule has 1 aromatic rings. The number of hydrazine groups is 1. The van der Waals surface area contributed by atoms with Gasteiger partial charge in [0, 0.05) is 12.6 Å². The maximum absolute atomic E-state index is 5.29. The van der Waals surface area contributed by atoms with Crippen LogP contribution in [0.1, 0.15) is 19.8 Å². The largest absolute Gasteiger partial charge is 0.365 e. The van der Waals surface area contributed by atoms with Gasteiger partial charge in [0.15, 0.2) is 5.82 Å². The van der Waals surface area contributed by atoms with Crippen molar-refractivity contribution < 1.29 is 0 Å². The number of rotatable bonds is 5. The molecule has 0 radical (unpaired) electrons. The Morgan fingerprint density at radius 3 is 2.76 bits per heavy atom. The molecule has 0 aromatic carbocycles. The smallest absolute Gasteiger partial charge is 0.160 e. The highest BCUT2D eigenvalue weighted by Gasteiger charge is 2.14. The minimum atomic E-state index is 0.357. The van der Waals surface area contributed by atoms with E-state index in [2.05, 4.69) is 32.5 Å². The van der Waals surface area contributed by atoms with E-state index in [4.69, 9.17) is 5.84 Å². The molecule has 1 atom stereocenters. The molecule has 1 fully saturated rings. The van der Waals surface area contributed by atoms with Crippen LogP contribution in [-0.4, -0.2) is 40.5 Å². The Morgan fingerprint density at radius 1 is 1.35 bits per heavy atom. The molecule has 17 heavy (non-hydrogen) atoms. The van der Waals surface area contributed by atoms with Gasteiger partial charge in [0.05, 0.1) is 12.4 Å². The van der Waals surface area contributed by atoms with Crippen LogP contribution < -0.4 is 16.6 Å². The first kappa shape index (κ1) is 12.1. The maximum Gasteiger partial charge on any atom is 0.160 e. The van der Waals surface area contributed by atoms with Crippen LogP contribution in [0.2, 0.25) is 0 Å². The predicted molar refractivity (Wildman–Crippen MR) is 68.6 cm³/mol. The first-order valence-corrected chi connectivity index (χ1v) is 6.05. The number of nitrogens with zero attached hydrogens (tertiary/aromatic N) is 3. The number of hydrogen-bond acceptors (Lipinski definition) is 6. The number of hydrogen-bond donors (Lipinski definition) is 3. The van der Waals surface area contributed by atoms with Gasteiger partial charge in [-0.3, -0.25) is 4.98 Å². The van der Waals surface area contributed by atoms with Crippen LogP contribution in [-0.2, 0) is 0 Å². The monoisotopic (exact) mass is 236 g/mol. The maximum atomic E-state index is 5.29. The second kappa shape index (κ2) is 5.79. The van der Waals surface area contributed by atoms with Crippen LogP contribution in [0.15, 0.2) is 12.4 Å². The molecule has 1 aliphatic heterocycles. The molecule has 0 spiro atoms. The highest BCUT2D eigenvalue weighted by atomic mass is 15.3. The molecule has 4 N–H and O–H groups in total. The lowest BCUT2D eigenvalue weighted by Gasteiger charge is -2.21. The van der Waals surface area contributed by atoms with Gasteiger partial charge in [-0.15, -0.1) is 0 Å². The van der Waals surface area contributed by atoms with E-state index in [1.54, 1.807) is 12.4 Å². The molecule has 6 heteroatoms. The molecule has 0 amide bonds. The van der Waals surface area contributed by atoms with E-state index in [-0.39, 0.29) is 0 Å². The van der Waals surface area contributed by atoms with E-state index >= 15 is 0 Å². The Bertz CT molecular complexity index is 350. The first-order chi connectivity index (χ1) is 8.28. The zero-order valence-corrected chi connectivity index (χ0v) is 10.2. The SMILES string of the molecule is CC(CN1CCCC1)Nc1cncc(NN)n1. The average molecular weight is 236 g/mol. The van der Waals surface area contributed by atoms with Crippen molar-refractivity contribution in [1.29, 1.82) is 0 Å². The number of aromatic nitrogens is 2. The topological polar surface area (TPSA) is 79.1 Å². The van der Waals surface area contributed by atoms with Crippen molar-refractivity contribution in [3.05, 3.63) is 12.4 Å². The molecule has 1 aromatic heterocycles. The molecule has 94 valence electrons. The summed E-state index contributed by atoms with van der Waals surface area (Å²) in [6, 6.07) is 0.357. The molecule has 1 saturated heterocycles. The molecule has 6 nitrogen and oxygen atoms in total. The molecule has 2 rings (SSSR count). The van der Waals surface area contributed by atoms with Gasteiger partial charge in [-0.1, -0.05) is 0 Å². The summed E-state index contributed by atoms with van der Waals surface area (Å²) in [5.41, 5.74) is 2.49. The van der Waals surface area contributed by atoms with E-state index < -0.39 is 0 Å². The lowest BCUT2D eigenvalue weighted by Crippen LogP contribution is -2.33. The average Bonchev–Trinajstić information content (AvgIpc) is 2.82. The minimum Gasteiger partial charge on any atom is -0.365 e. The van der Waals surface area contributed by atoms with Crippen molar-refractivity contribution in [3.63, 3.8) is 0 Å². The Kier molecular flexibility index (Phi) is 4.11. The zero-order valence-electron chi connectivity index (χ0n) is 10.2. The highest BCUT2D eigenvalue weighted by molar-refractivity contribution is 5.41. The van der Waals surface area contributed by atoms with Gasteiger partial charge in [-0.2, -0.15) is 0 Å². The van der Waals surface area contributed by atoms with Gasteiger partial charge in [-0.25, -0.2) is 10.8 Å². The molecule has 1 aliphatic rings. The summed E-state index contributed by atoms with van der Waals surface area (Å²) in [6.45, 7) is 5.62. The van der Waals surface area contributed by atoms with Crippen LogP contribution in [0.5, 0.6) is 0 Å². The van der Waals surface area contributed by atoms with Crippen molar-refractivity contribution in [2.45, 2.75) is 25.8 Å². The Hall–Kier alpha value is -1.40. The fraction of sp³-hybridized carbons (Fsp3) is 0.636. The summed E-state index contributed by atoms with van der Waals surface area (Å²) in [6.07, 6.45) is 5.94. The number of likely N-dealkylation sites (tertiary alicyclic amines) is 1. The zero-order chi connectivity index (χ0) is 12.1. The van der Waals surface area contributed by atoms with Gasteiger partial charge < -0.3 is 15.6 Å². The predicted octanol–water partition coefficient (Wildman–Crippen LogP) is 0.658. The molecule has 0 saturated carbocycles. The summed E-state index contributed by atoms with van der Waals surface area (Å²) in [5.74, 6) is 6.62. The second-order valence-electron chi connectivity index (χ2n) is 4.49. The molecular weight excluding hydrogens is 216 g/mol. The third kappa shape index (κ3) is 3.54. The van der Waals surface area contributed by atoms with Crippen molar-refractivity contribution in [2.24, 2.45) is 5.84 Å². The third-order valence-electron chi connectivity index (χ3n) is 2.91. The van der Waals surface area contributed by atoms with E-state index in [1.165, 1.54) is 25.9 Å². The summed E-state index contributed by atoms with van der Waals surface area (Å²) in [7, 11) is 0. The summed E-state index contributed by atoms with van der Waals surface area (Å²) in [4.78, 5) is 10.8. The molecule has 2 heterocycles. The van der Waals surface area contributed by atoms with Crippen LogP contribution in [0, 0.1) is 0 Å². The number of anilines is 2. The summed E-state index contributed by atoms with van der Waals surface area (Å²) < 4.78 is 0. The van der Waals surface area contributed by atoms with E-state index in [0.29, 0.717) is 11.9 Å². The number of nitrogens with two attached hydrogens (primary N) is 1. The Labute approximate surface area is 102 Å². The van der Waals surface area contributed by atoms with Crippen molar-refractivity contribution >= 4 is 11.6 Å². The van der Waals surface area contributed by atoms with Crippen LogP contribution in [0.25, 0.3) is 0 Å². The van der Waals surface area contributed by atoms with Crippen molar-refractivity contribution in [2.75, 3.05) is 30.4 Å². The fourth-order valence-electron chi connectivity index (χ4n) is 2.16. The van der Waals surface area contributed by atoms with E-state index in [0.717, 1.165) is 12.4 Å². The standard InChI is InChI=1S/C11H20N6/c1-9(8-17-4-2-3-5-17)14-10-6-13-7-11(15-10)16-12/h6-7,9H,2-5,8,12H2,1H3,(H2,14,15,16). The first-order valence-electron chi connectivity index (χ1n) is 6.05. The fourth-order valence-corrected chi connectivity index (χ4v) is 2.16. The van der Waals surface area contributed by atoms with E-state index in [9.17, 15) is 0 Å². The van der Waals surface area contributed by atoms with Crippen molar-refractivity contribution in [3.8, 4) is 0 Å². The second-order valence-corrected chi connectivity index (χ2v) is 4.49. The quantitative estimate of drug-likeness (QED) is 0.515. The number of nitrogens with one attached hydrogen (secondary N) is 2. The van der Waals surface area contributed by atoms with Crippen LogP contribution >= 0.6 is 0 Å². The normalized spacial score (nSPS) is 18.0. The van der Waals surface area contributed by atoms with Crippen LogP contribution in [0.4, 0.5) is 11.6 Å². The van der Waals surface area contributed by atoms with Gasteiger partial charge in [0.1, 0.15) is 5.82 Å². The Balaban J connectivity index is 1.85. The highest BCUT2D eigenvalue weighted by Crippen LogP contribution is 2.10.